The molecule has 0 aromatic carbocycles. The fraction of sp³-hybridized carbons (Fsp3) is 0.871. The zero-order chi connectivity index (χ0) is 25.1. The maximum Gasteiger partial charge on any atom is 0.303 e. The van der Waals surface area contributed by atoms with Crippen LogP contribution in [0.2, 0.25) is 0 Å². The van der Waals surface area contributed by atoms with E-state index in [2.05, 4.69) is 41.5 Å². The number of fused-ring (bicyclic) bond motifs is 4. The Bertz CT molecular complexity index is 870. The third-order valence-electron chi connectivity index (χ3n) is 11.6. The topological polar surface area (TPSA) is 43.4 Å². The van der Waals surface area contributed by atoms with Crippen LogP contribution in [0.1, 0.15) is 126 Å². The van der Waals surface area contributed by atoms with E-state index < -0.39 is 5.60 Å². The molecule has 0 spiro atoms. The van der Waals surface area contributed by atoms with Gasteiger partial charge in [0.1, 0.15) is 0 Å². The van der Waals surface area contributed by atoms with Gasteiger partial charge in [-0.25, -0.2) is 0 Å². The summed E-state index contributed by atoms with van der Waals surface area (Å²) in [6.45, 7) is 18.1. The molecule has 0 N–H and O–H groups in total. The smallest absolute Gasteiger partial charge is 0.303 e. The number of esters is 1. The molecule has 7 atom stereocenters. The number of carbonyl (C=O) groups is 2. The quantitative estimate of drug-likeness (QED) is 0.291. The third kappa shape index (κ3) is 3.83. The molecule has 4 aliphatic rings. The second kappa shape index (κ2) is 8.77. The van der Waals surface area contributed by atoms with E-state index in [1.807, 2.05) is 6.92 Å². The fourth-order valence-electron chi connectivity index (χ4n) is 9.27. The van der Waals surface area contributed by atoms with Gasteiger partial charge in [0.2, 0.25) is 0 Å². The number of rotatable bonds is 6. The predicted molar refractivity (Wildman–Crippen MR) is 138 cm³/mol. The molecule has 0 saturated heterocycles. The highest BCUT2D eigenvalue weighted by molar-refractivity contribution is 5.93. The van der Waals surface area contributed by atoms with Gasteiger partial charge >= 0.3 is 5.97 Å². The van der Waals surface area contributed by atoms with E-state index in [1.54, 1.807) is 11.1 Å². The van der Waals surface area contributed by atoms with Crippen LogP contribution in [-0.4, -0.2) is 17.4 Å². The van der Waals surface area contributed by atoms with E-state index >= 15 is 0 Å². The molecule has 2 saturated carbocycles. The van der Waals surface area contributed by atoms with Gasteiger partial charge < -0.3 is 4.74 Å². The van der Waals surface area contributed by atoms with Crippen LogP contribution in [-0.2, 0) is 14.3 Å². The van der Waals surface area contributed by atoms with Crippen LogP contribution in [0.15, 0.2) is 11.1 Å². The Balaban J connectivity index is 1.61. The zero-order valence-electron chi connectivity index (χ0n) is 23.3. The SMILES string of the molecule is CC(=O)O[C@@]1(C)CC[C@]2(C)C3=C(CC[C@H]2C1=O)[C@]1(C)CC[C@H]([C@H](C)CCCC(C)C)[C@@]1(C)CC3. The minimum Gasteiger partial charge on any atom is -0.452 e. The summed E-state index contributed by atoms with van der Waals surface area (Å²) in [5, 5.41) is 0. The molecule has 3 heteroatoms. The molecular formula is C31H50O3. The highest BCUT2D eigenvalue weighted by atomic mass is 16.6. The molecule has 192 valence electrons. The molecule has 0 aliphatic heterocycles. The molecule has 0 aromatic heterocycles. The van der Waals surface area contributed by atoms with Crippen molar-refractivity contribution in [3.8, 4) is 0 Å². The van der Waals surface area contributed by atoms with Gasteiger partial charge in [0.05, 0.1) is 0 Å². The van der Waals surface area contributed by atoms with E-state index in [0.717, 1.165) is 43.4 Å². The fourth-order valence-corrected chi connectivity index (χ4v) is 9.27. The Morgan fingerprint density at radius 2 is 1.65 bits per heavy atom. The number of ether oxygens (including phenoxy) is 1. The lowest BCUT2D eigenvalue weighted by Crippen LogP contribution is -2.57. The molecule has 4 rings (SSSR count). The summed E-state index contributed by atoms with van der Waals surface area (Å²) in [6.07, 6.45) is 12.7. The highest BCUT2D eigenvalue weighted by Crippen LogP contribution is 2.71. The van der Waals surface area contributed by atoms with Crippen molar-refractivity contribution in [3.63, 3.8) is 0 Å². The minimum absolute atomic E-state index is 0.00976. The molecule has 2 fully saturated rings. The normalized spacial score (nSPS) is 42.8. The number of Topliss-reactive ketones (excluding diaryl/α,β-unsaturated/α-hetero) is 1. The molecule has 34 heavy (non-hydrogen) atoms. The first-order valence-electron chi connectivity index (χ1n) is 14.3. The molecule has 0 amide bonds. The van der Waals surface area contributed by atoms with Crippen molar-refractivity contribution in [2.45, 2.75) is 132 Å². The Morgan fingerprint density at radius 3 is 2.29 bits per heavy atom. The third-order valence-corrected chi connectivity index (χ3v) is 11.6. The van der Waals surface area contributed by atoms with Gasteiger partial charge in [-0.05, 0) is 92.3 Å². The molecule has 0 unspecified atom stereocenters. The maximum absolute atomic E-state index is 13.7. The van der Waals surface area contributed by atoms with E-state index in [0.29, 0.717) is 11.8 Å². The van der Waals surface area contributed by atoms with Gasteiger partial charge in [-0.15, -0.1) is 0 Å². The van der Waals surface area contributed by atoms with E-state index in [9.17, 15) is 9.59 Å². The average molecular weight is 471 g/mol. The minimum atomic E-state index is -0.939. The van der Waals surface area contributed by atoms with Crippen LogP contribution in [0, 0.1) is 39.9 Å². The number of ketones is 1. The van der Waals surface area contributed by atoms with Crippen LogP contribution >= 0.6 is 0 Å². The average Bonchev–Trinajstić information content (AvgIpc) is 3.02. The maximum atomic E-state index is 13.7. The lowest BCUT2D eigenvalue weighted by atomic mass is 9.45. The van der Waals surface area contributed by atoms with E-state index in [1.165, 1.54) is 45.4 Å². The number of hydrogen-bond donors (Lipinski definition) is 0. The monoisotopic (exact) mass is 470 g/mol. The largest absolute Gasteiger partial charge is 0.452 e. The van der Waals surface area contributed by atoms with Crippen molar-refractivity contribution in [1.29, 1.82) is 0 Å². The summed E-state index contributed by atoms with van der Waals surface area (Å²) < 4.78 is 5.61. The number of allylic oxidation sites excluding steroid dienone is 2. The van der Waals surface area contributed by atoms with Crippen molar-refractivity contribution in [1.82, 2.24) is 0 Å². The standard InChI is InChI=1S/C31H50O3/c1-20(2)10-9-11-21(3)23-14-16-30(7)25-12-13-26-27(33)31(8,34-22(4)32)19-18-28(26,5)24(25)15-17-29(23,30)6/h20-21,23,26H,9-19H2,1-8H3/t21-,23-,26+,28-,29-,30+,31+/m1/s1. The summed E-state index contributed by atoms with van der Waals surface area (Å²) in [6, 6.07) is 0. The van der Waals surface area contributed by atoms with Gasteiger partial charge in [0.15, 0.2) is 11.4 Å². The van der Waals surface area contributed by atoms with Crippen molar-refractivity contribution >= 4 is 11.8 Å². The van der Waals surface area contributed by atoms with Crippen LogP contribution < -0.4 is 0 Å². The lowest BCUT2D eigenvalue weighted by Gasteiger charge is -2.59. The first-order chi connectivity index (χ1) is 15.8. The molecular weight excluding hydrogens is 420 g/mol. The summed E-state index contributed by atoms with van der Waals surface area (Å²) >= 11 is 0. The molecule has 0 heterocycles. The van der Waals surface area contributed by atoms with Gasteiger partial charge in [-0.3, -0.25) is 9.59 Å². The van der Waals surface area contributed by atoms with Gasteiger partial charge in [-0.2, -0.15) is 0 Å². The Kier molecular flexibility index (Phi) is 6.69. The second-order valence-electron chi connectivity index (χ2n) is 13.9. The first-order valence-corrected chi connectivity index (χ1v) is 14.3. The van der Waals surface area contributed by atoms with Crippen molar-refractivity contribution < 1.29 is 14.3 Å². The van der Waals surface area contributed by atoms with Crippen LogP contribution in [0.3, 0.4) is 0 Å². The highest BCUT2D eigenvalue weighted by Gasteiger charge is 2.63. The van der Waals surface area contributed by atoms with Crippen LogP contribution in [0.5, 0.6) is 0 Å². The van der Waals surface area contributed by atoms with Gasteiger partial charge in [-0.1, -0.05) is 72.0 Å². The molecule has 0 radical (unpaired) electrons. The zero-order valence-corrected chi connectivity index (χ0v) is 23.3. The summed E-state index contributed by atoms with van der Waals surface area (Å²) in [4.78, 5) is 25.4. The van der Waals surface area contributed by atoms with Gasteiger partial charge in [0.25, 0.3) is 0 Å². The first kappa shape index (κ1) is 26.0. The number of carbonyl (C=O) groups excluding carboxylic acids is 2. The molecule has 3 nitrogen and oxygen atoms in total. The Morgan fingerprint density at radius 1 is 0.941 bits per heavy atom. The van der Waals surface area contributed by atoms with E-state index in [-0.39, 0.29) is 28.5 Å². The Labute approximate surface area is 208 Å². The van der Waals surface area contributed by atoms with Gasteiger partial charge in [0, 0.05) is 12.8 Å². The van der Waals surface area contributed by atoms with Crippen LogP contribution in [0.25, 0.3) is 0 Å². The molecule has 0 bridgehead atoms. The lowest BCUT2D eigenvalue weighted by molar-refractivity contribution is -0.174. The molecule has 4 aliphatic carbocycles. The second-order valence-corrected chi connectivity index (χ2v) is 13.9. The van der Waals surface area contributed by atoms with E-state index in [4.69, 9.17) is 4.74 Å². The van der Waals surface area contributed by atoms with Crippen molar-refractivity contribution in [3.05, 3.63) is 11.1 Å². The summed E-state index contributed by atoms with van der Waals surface area (Å²) in [5.41, 5.74) is 2.99. The number of hydrogen-bond acceptors (Lipinski definition) is 3. The Hall–Kier alpha value is -1.12. The molecule has 0 aromatic rings. The van der Waals surface area contributed by atoms with Crippen LogP contribution in [0.4, 0.5) is 0 Å². The predicted octanol–water partition coefficient (Wildman–Crippen LogP) is 8.06. The van der Waals surface area contributed by atoms with Crippen molar-refractivity contribution in [2.75, 3.05) is 0 Å². The summed E-state index contributed by atoms with van der Waals surface area (Å²) in [7, 11) is 0. The summed E-state index contributed by atoms with van der Waals surface area (Å²) in [5.74, 6) is 2.23. The van der Waals surface area contributed by atoms with Crippen molar-refractivity contribution in [2.24, 2.45) is 39.9 Å².